The maximum Gasteiger partial charge on any atom is 0.388 e. The third-order valence-electron chi connectivity index (χ3n) is 1.16. The van der Waals surface area contributed by atoms with Gasteiger partial charge in [0.2, 0.25) is 5.88 Å². The van der Waals surface area contributed by atoms with Gasteiger partial charge in [-0.3, -0.25) is 0 Å². The van der Waals surface area contributed by atoms with Crippen molar-refractivity contribution in [1.29, 1.82) is 5.26 Å². The molecule has 0 N–H and O–H groups in total. The minimum Gasteiger partial charge on any atom is -0.417 e. The van der Waals surface area contributed by atoms with Gasteiger partial charge in [0.05, 0.1) is 5.56 Å². The summed E-state index contributed by atoms with van der Waals surface area (Å²) in [5.41, 5.74) is 0.265. The second kappa shape index (κ2) is 4.14. The molecule has 0 amide bonds. The number of aromatic nitrogens is 1. The molecule has 6 heteroatoms. The number of ether oxygens (including phenoxy) is 1. The molecule has 0 atom stereocenters. The maximum absolute atomic E-state index is 11.7. The lowest BCUT2D eigenvalue weighted by Crippen LogP contribution is -2.03. The van der Waals surface area contributed by atoms with E-state index >= 15 is 0 Å². The summed E-state index contributed by atoms with van der Waals surface area (Å²) >= 11 is 3.01. The minimum atomic E-state index is -2.91. The van der Waals surface area contributed by atoms with E-state index in [9.17, 15) is 8.78 Å². The van der Waals surface area contributed by atoms with Crippen LogP contribution in [0.3, 0.4) is 0 Å². The van der Waals surface area contributed by atoms with E-state index in [1.54, 1.807) is 0 Å². The number of hydrogen-bond acceptors (Lipinski definition) is 3. The monoisotopic (exact) mass is 248 g/mol. The predicted molar refractivity (Wildman–Crippen MR) is 43.3 cm³/mol. The van der Waals surface area contributed by atoms with Gasteiger partial charge in [-0.05, 0) is 15.9 Å². The van der Waals surface area contributed by atoms with Crippen molar-refractivity contribution in [1.82, 2.24) is 4.98 Å². The standard InChI is InChI=1S/C7H3BrF2N2O/c8-5-1-6(13-7(9)10)12-3-4(5)2-11/h1,3,7H. The van der Waals surface area contributed by atoms with Gasteiger partial charge in [-0.25, -0.2) is 4.98 Å². The number of halogens is 3. The maximum atomic E-state index is 11.7. The summed E-state index contributed by atoms with van der Waals surface area (Å²) in [5.74, 6) is -0.221. The van der Waals surface area contributed by atoms with Crippen molar-refractivity contribution in [3.05, 3.63) is 22.3 Å². The van der Waals surface area contributed by atoms with E-state index in [-0.39, 0.29) is 11.4 Å². The molecule has 0 aromatic carbocycles. The highest BCUT2D eigenvalue weighted by Gasteiger charge is 2.07. The van der Waals surface area contributed by atoms with E-state index < -0.39 is 6.61 Å². The molecule has 1 aromatic rings. The largest absolute Gasteiger partial charge is 0.417 e. The third-order valence-corrected chi connectivity index (χ3v) is 1.81. The molecule has 0 unspecified atom stereocenters. The number of nitrogens with zero attached hydrogens (tertiary/aromatic N) is 2. The van der Waals surface area contributed by atoms with Gasteiger partial charge in [0.15, 0.2) is 0 Å². The van der Waals surface area contributed by atoms with Crippen molar-refractivity contribution in [2.24, 2.45) is 0 Å². The fourth-order valence-corrected chi connectivity index (χ4v) is 1.04. The Kier molecular flexibility index (Phi) is 3.14. The zero-order valence-electron chi connectivity index (χ0n) is 6.17. The molecule has 68 valence electrons. The summed E-state index contributed by atoms with van der Waals surface area (Å²) in [7, 11) is 0. The first kappa shape index (κ1) is 9.86. The van der Waals surface area contributed by atoms with Crippen LogP contribution in [0.4, 0.5) is 8.78 Å². The van der Waals surface area contributed by atoms with Gasteiger partial charge in [0, 0.05) is 16.7 Å². The van der Waals surface area contributed by atoms with Crippen molar-refractivity contribution >= 4 is 15.9 Å². The third kappa shape index (κ3) is 2.63. The van der Waals surface area contributed by atoms with E-state index in [1.165, 1.54) is 6.07 Å². The smallest absolute Gasteiger partial charge is 0.388 e. The Hall–Kier alpha value is -1.22. The van der Waals surface area contributed by atoms with Crippen LogP contribution >= 0.6 is 15.9 Å². The summed E-state index contributed by atoms with van der Waals surface area (Å²) in [5, 5.41) is 8.48. The zero-order valence-corrected chi connectivity index (χ0v) is 7.75. The molecule has 0 saturated carbocycles. The summed E-state index contributed by atoms with van der Waals surface area (Å²) in [6.07, 6.45) is 1.15. The molecule has 0 aliphatic heterocycles. The Morgan fingerprint density at radius 2 is 2.31 bits per heavy atom. The van der Waals surface area contributed by atoms with Crippen LogP contribution in [0.15, 0.2) is 16.7 Å². The Morgan fingerprint density at radius 1 is 1.62 bits per heavy atom. The van der Waals surface area contributed by atoms with Crippen LogP contribution in [0.25, 0.3) is 0 Å². The van der Waals surface area contributed by atoms with E-state index in [0.717, 1.165) is 6.20 Å². The average molecular weight is 249 g/mol. The van der Waals surface area contributed by atoms with Crippen molar-refractivity contribution in [3.63, 3.8) is 0 Å². The van der Waals surface area contributed by atoms with Crippen LogP contribution in [-0.4, -0.2) is 11.6 Å². The molecular formula is C7H3BrF2N2O. The molecule has 3 nitrogen and oxygen atoms in total. The van der Waals surface area contributed by atoms with Crippen LogP contribution in [-0.2, 0) is 0 Å². The number of alkyl halides is 2. The van der Waals surface area contributed by atoms with Gasteiger partial charge in [-0.1, -0.05) is 0 Å². The summed E-state index contributed by atoms with van der Waals surface area (Å²) in [6, 6.07) is 3.04. The van der Waals surface area contributed by atoms with Crippen molar-refractivity contribution < 1.29 is 13.5 Å². The van der Waals surface area contributed by atoms with Crippen LogP contribution in [0.5, 0.6) is 5.88 Å². The molecular weight excluding hydrogens is 246 g/mol. The Balaban J connectivity index is 2.91. The van der Waals surface area contributed by atoms with Gasteiger partial charge >= 0.3 is 6.61 Å². The van der Waals surface area contributed by atoms with Crippen molar-refractivity contribution in [3.8, 4) is 11.9 Å². The minimum absolute atomic E-state index is 0.221. The first-order valence-corrected chi connectivity index (χ1v) is 3.93. The molecule has 1 heterocycles. The molecule has 0 bridgehead atoms. The van der Waals surface area contributed by atoms with Crippen LogP contribution in [0.2, 0.25) is 0 Å². The lowest BCUT2D eigenvalue weighted by Gasteiger charge is -2.03. The number of pyridine rings is 1. The van der Waals surface area contributed by atoms with E-state index in [0.29, 0.717) is 4.47 Å². The first-order valence-electron chi connectivity index (χ1n) is 3.14. The predicted octanol–water partition coefficient (Wildman–Crippen LogP) is 2.32. The highest BCUT2D eigenvalue weighted by atomic mass is 79.9. The van der Waals surface area contributed by atoms with Gasteiger partial charge < -0.3 is 4.74 Å². The molecule has 0 radical (unpaired) electrons. The zero-order chi connectivity index (χ0) is 9.84. The molecule has 0 aliphatic rings. The highest BCUT2D eigenvalue weighted by molar-refractivity contribution is 9.10. The molecule has 0 fully saturated rings. The lowest BCUT2D eigenvalue weighted by molar-refractivity contribution is -0.0528. The van der Waals surface area contributed by atoms with E-state index in [1.807, 2.05) is 6.07 Å². The average Bonchev–Trinajstić information content (AvgIpc) is 2.03. The topological polar surface area (TPSA) is 45.9 Å². The highest BCUT2D eigenvalue weighted by Crippen LogP contribution is 2.20. The molecule has 1 aromatic heterocycles. The van der Waals surface area contributed by atoms with Crippen molar-refractivity contribution in [2.45, 2.75) is 6.61 Å². The second-order valence-corrected chi connectivity index (χ2v) is 2.85. The first-order chi connectivity index (χ1) is 6.13. The Morgan fingerprint density at radius 3 is 2.77 bits per heavy atom. The second-order valence-electron chi connectivity index (χ2n) is 1.99. The normalized spacial score (nSPS) is 9.77. The van der Waals surface area contributed by atoms with Gasteiger partial charge in [0.25, 0.3) is 0 Å². The fourth-order valence-electron chi connectivity index (χ4n) is 0.651. The Labute approximate surface area is 81.1 Å². The van der Waals surface area contributed by atoms with Crippen LogP contribution < -0.4 is 4.74 Å². The number of nitriles is 1. The molecule has 0 aliphatic carbocycles. The molecule has 1 rings (SSSR count). The SMILES string of the molecule is N#Cc1cnc(OC(F)F)cc1Br. The van der Waals surface area contributed by atoms with Crippen LogP contribution in [0.1, 0.15) is 5.56 Å². The summed E-state index contributed by atoms with van der Waals surface area (Å²) in [6.45, 7) is -2.91. The van der Waals surface area contributed by atoms with Gasteiger partial charge in [0.1, 0.15) is 6.07 Å². The van der Waals surface area contributed by atoms with Gasteiger partial charge in [-0.15, -0.1) is 0 Å². The fraction of sp³-hybridized carbons (Fsp3) is 0.143. The quantitative estimate of drug-likeness (QED) is 0.807. The summed E-state index contributed by atoms with van der Waals surface area (Å²) < 4.78 is 27.8. The molecule has 13 heavy (non-hydrogen) atoms. The van der Waals surface area contributed by atoms with E-state index in [4.69, 9.17) is 5.26 Å². The molecule has 0 spiro atoms. The number of rotatable bonds is 2. The van der Waals surface area contributed by atoms with E-state index in [2.05, 4.69) is 25.7 Å². The summed E-state index contributed by atoms with van der Waals surface area (Å²) in [4.78, 5) is 3.50. The van der Waals surface area contributed by atoms with Crippen molar-refractivity contribution in [2.75, 3.05) is 0 Å². The lowest BCUT2D eigenvalue weighted by atomic mass is 10.3. The number of hydrogen-bond donors (Lipinski definition) is 0. The Bertz CT molecular complexity index is 351. The van der Waals surface area contributed by atoms with Crippen LogP contribution in [0, 0.1) is 11.3 Å². The van der Waals surface area contributed by atoms with Gasteiger partial charge in [-0.2, -0.15) is 14.0 Å². The molecule has 0 saturated heterocycles.